The minimum Gasteiger partial charge on any atom is -0.481 e. The van der Waals surface area contributed by atoms with E-state index in [0.29, 0.717) is 41.8 Å². The van der Waals surface area contributed by atoms with Crippen LogP contribution in [0.25, 0.3) is 17.0 Å². The van der Waals surface area contributed by atoms with Crippen molar-refractivity contribution in [2.24, 2.45) is 11.1 Å². The Bertz CT molecular complexity index is 1510. The molecule has 4 aromatic heterocycles. The monoisotopic (exact) mass is 498 g/mol. The number of hydrogen-bond acceptors (Lipinski definition) is 10. The van der Waals surface area contributed by atoms with E-state index in [1.54, 1.807) is 29.8 Å². The minimum absolute atomic E-state index is 0.0126. The molecule has 0 aromatic carbocycles. The zero-order valence-electron chi connectivity index (χ0n) is 20.7. The summed E-state index contributed by atoms with van der Waals surface area (Å²) in [5, 5.41) is 25.4. The smallest absolute Gasteiger partial charge is 0.254 e. The quantitative estimate of drug-likeness (QED) is 0.403. The van der Waals surface area contributed by atoms with Crippen molar-refractivity contribution >= 4 is 23.2 Å². The summed E-state index contributed by atoms with van der Waals surface area (Å²) in [6.07, 6.45) is 2.22. The van der Waals surface area contributed by atoms with Crippen LogP contribution in [0.1, 0.15) is 36.3 Å². The number of aromatic nitrogens is 6. The van der Waals surface area contributed by atoms with Gasteiger partial charge in [0.2, 0.25) is 5.88 Å². The highest BCUT2D eigenvalue weighted by Gasteiger charge is 2.37. The molecule has 0 radical (unpaired) electrons. The second-order valence-electron chi connectivity index (χ2n) is 9.53. The lowest BCUT2D eigenvalue weighted by Gasteiger charge is -2.45. The third kappa shape index (κ3) is 4.58. The number of primary amides is 1. The number of rotatable bonds is 6. The number of fused-ring (bicyclic) bond motifs is 1. The molecule has 1 aliphatic rings. The van der Waals surface area contributed by atoms with Crippen molar-refractivity contribution in [3.05, 3.63) is 53.9 Å². The third-order valence-electron chi connectivity index (χ3n) is 6.57. The van der Waals surface area contributed by atoms with Crippen LogP contribution in [0.5, 0.6) is 5.88 Å². The first-order valence-corrected chi connectivity index (χ1v) is 11.7. The molecule has 0 spiro atoms. The van der Waals surface area contributed by atoms with Crippen LogP contribution in [0.15, 0.2) is 42.6 Å². The number of amides is 1. The van der Waals surface area contributed by atoms with Gasteiger partial charge in [-0.05, 0) is 24.6 Å². The number of ether oxygens (including phenoxy) is 1. The lowest BCUT2D eigenvalue weighted by Crippen LogP contribution is -2.52. The summed E-state index contributed by atoms with van der Waals surface area (Å²) < 4.78 is 6.84. The first-order chi connectivity index (χ1) is 17.8. The van der Waals surface area contributed by atoms with E-state index in [9.17, 15) is 4.79 Å². The number of nitrogens with two attached hydrogens (primary N) is 1. The summed E-state index contributed by atoms with van der Waals surface area (Å²) in [5.74, 6) is 1.07. The Hall–Kier alpha value is -4.79. The lowest BCUT2D eigenvalue weighted by molar-refractivity contribution is 0.1000. The average Bonchev–Trinajstić information content (AvgIpc) is 3.34. The summed E-state index contributed by atoms with van der Waals surface area (Å²) >= 11 is 0. The number of nitrogens with zero attached hydrogens (tertiary/aromatic N) is 8. The first-order valence-electron chi connectivity index (χ1n) is 11.7. The first kappa shape index (κ1) is 23.9. The van der Waals surface area contributed by atoms with E-state index < -0.39 is 5.91 Å². The van der Waals surface area contributed by atoms with E-state index in [-0.39, 0.29) is 22.7 Å². The van der Waals surface area contributed by atoms with Crippen LogP contribution in [-0.2, 0) is 0 Å². The van der Waals surface area contributed by atoms with Gasteiger partial charge in [-0.25, -0.2) is 9.97 Å². The highest BCUT2D eigenvalue weighted by Crippen LogP contribution is 2.34. The molecule has 1 atom stereocenters. The Morgan fingerprint density at radius 2 is 2.08 bits per heavy atom. The molecule has 1 unspecified atom stereocenters. The fraction of sp³-hybridized carbons (Fsp3) is 0.320. The van der Waals surface area contributed by atoms with E-state index in [1.165, 1.54) is 6.20 Å². The second-order valence-corrected chi connectivity index (χ2v) is 9.53. The normalized spacial score (nSPS) is 16.8. The Morgan fingerprint density at radius 1 is 1.24 bits per heavy atom. The Balaban J connectivity index is 1.46. The van der Waals surface area contributed by atoms with E-state index in [2.05, 4.69) is 44.2 Å². The van der Waals surface area contributed by atoms with Crippen LogP contribution in [-0.4, -0.2) is 61.9 Å². The van der Waals surface area contributed by atoms with Crippen molar-refractivity contribution in [3.8, 4) is 23.3 Å². The summed E-state index contributed by atoms with van der Waals surface area (Å²) in [4.78, 5) is 23.3. The average molecular weight is 499 g/mol. The van der Waals surface area contributed by atoms with Crippen molar-refractivity contribution in [1.29, 1.82) is 5.26 Å². The van der Waals surface area contributed by atoms with Crippen LogP contribution in [0.2, 0.25) is 0 Å². The molecule has 4 aromatic rings. The molecule has 0 bridgehead atoms. The summed E-state index contributed by atoms with van der Waals surface area (Å²) in [6.45, 7) is 5.68. The second kappa shape index (κ2) is 9.34. The molecule has 5 rings (SSSR count). The number of nitriles is 1. The van der Waals surface area contributed by atoms with Gasteiger partial charge < -0.3 is 20.7 Å². The number of nitrogens with one attached hydrogen (secondary N) is 1. The molecule has 1 aliphatic heterocycles. The SMILES string of the molecule is COc1cccc(-c2cc3ncc(C(N)=O)c(NC4CCN(c5ccc(C#N)nn5)CC4(C)C)n3n2)n1. The van der Waals surface area contributed by atoms with E-state index in [4.69, 9.17) is 20.8 Å². The van der Waals surface area contributed by atoms with Gasteiger partial charge in [0, 0.05) is 42.9 Å². The molecule has 3 N–H and O–H groups in total. The van der Waals surface area contributed by atoms with Gasteiger partial charge in [0.1, 0.15) is 17.6 Å². The van der Waals surface area contributed by atoms with Crippen molar-refractivity contribution < 1.29 is 9.53 Å². The Morgan fingerprint density at radius 3 is 2.76 bits per heavy atom. The van der Waals surface area contributed by atoms with E-state index >= 15 is 0 Å². The number of methoxy groups -OCH3 is 1. The highest BCUT2D eigenvalue weighted by atomic mass is 16.5. The van der Waals surface area contributed by atoms with Crippen LogP contribution in [0.3, 0.4) is 0 Å². The molecular weight excluding hydrogens is 472 g/mol. The van der Waals surface area contributed by atoms with Crippen molar-refractivity contribution in [1.82, 2.24) is 29.8 Å². The van der Waals surface area contributed by atoms with Crippen molar-refractivity contribution in [2.75, 3.05) is 30.4 Å². The number of anilines is 2. The maximum atomic E-state index is 12.3. The molecule has 37 heavy (non-hydrogen) atoms. The van der Waals surface area contributed by atoms with Gasteiger partial charge >= 0.3 is 0 Å². The number of hydrogen-bond donors (Lipinski definition) is 2. The van der Waals surface area contributed by atoms with Gasteiger partial charge in [-0.3, -0.25) is 4.79 Å². The fourth-order valence-corrected chi connectivity index (χ4v) is 4.59. The number of carbonyl (C=O) groups excluding carboxylic acids is 1. The number of carbonyl (C=O) groups is 1. The van der Waals surface area contributed by atoms with Gasteiger partial charge in [0.15, 0.2) is 17.2 Å². The zero-order chi connectivity index (χ0) is 26.2. The summed E-state index contributed by atoms with van der Waals surface area (Å²) in [7, 11) is 1.56. The molecule has 1 fully saturated rings. The molecule has 0 saturated carbocycles. The molecular formula is C25H26N10O2. The molecule has 0 aliphatic carbocycles. The van der Waals surface area contributed by atoms with Crippen LogP contribution in [0.4, 0.5) is 11.6 Å². The summed E-state index contributed by atoms with van der Waals surface area (Å²) in [6, 6.07) is 12.7. The standard InChI is InChI=1S/C25H26N10O2/c1-25(2)14-34(20-8-7-15(12-26)31-32-20)10-9-19(25)30-24-16(23(27)36)13-28-21-11-18(33-35(21)24)17-5-4-6-22(29-17)37-3/h4-8,11,13,19,30H,9-10,14H2,1-3H3,(H2,27,36). The molecule has 12 heteroatoms. The topological polar surface area (TPSA) is 160 Å². The predicted molar refractivity (Wildman–Crippen MR) is 136 cm³/mol. The molecule has 1 saturated heterocycles. The fourth-order valence-electron chi connectivity index (χ4n) is 4.59. The Labute approximate surface area is 213 Å². The van der Waals surface area contributed by atoms with Crippen LogP contribution < -0.4 is 20.7 Å². The number of pyridine rings is 1. The molecule has 5 heterocycles. The molecule has 12 nitrogen and oxygen atoms in total. The summed E-state index contributed by atoms with van der Waals surface area (Å²) in [5.41, 5.74) is 7.77. The lowest BCUT2D eigenvalue weighted by atomic mass is 9.79. The van der Waals surface area contributed by atoms with E-state index in [0.717, 1.165) is 12.2 Å². The zero-order valence-corrected chi connectivity index (χ0v) is 20.7. The third-order valence-corrected chi connectivity index (χ3v) is 6.57. The van der Waals surface area contributed by atoms with E-state index in [1.807, 2.05) is 24.3 Å². The predicted octanol–water partition coefficient (Wildman–Crippen LogP) is 2.28. The van der Waals surface area contributed by atoms with Gasteiger partial charge in [-0.15, -0.1) is 10.2 Å². The Kier molecular flexibility index (Phi) is 6.04. The minimum atomic E-state index is -0.600. The van der Waals surface area contributed by atoms with Crippen molar-refractivity contribution in [2.45, 2.75) is 26.3 Å². The van der Waals surface area contributed by atoms with Crippen LogP contribution in [0, 0.1) is 16.7 Å². The molecule has 188 valence electrons. The van der Waals surface area contributed by atoms with Gasteiger partial charge in [0.05, 0.1) is 18.4 Å². The van der Waals surface area contributed by atoms with Gasteiger partial charge in [-0.1, -0.05) is 19.9 Å². The van der Waals surface area contributed by atoms with Gasteiger partial charge in [0.25, 0.3) is 5.91 Å². The largest absolute Gasteiger partial charge is 0.481 e. The maximum Gasteiger partial charge on any atom is 0.254 e. The maximum absolute atomic E-state index is 12.3. The van der Waals surface area contributed by atoms with Crippen LogP contribution >= 0.6 is 0 Å². The van der Waals surface area contributed by atoms with Crippen molar-refractivity contribution in [3.63, 3.8) is 0 Å². The molecule has 1 amide bonds. The van der Waals surface area contributed by atoms with Gasteiger partial charge in [-0.2, -0.15) is 14.9 Å². The number of piperidine rings is 1. The highest BCUT2D eigenvalue weighted by molar-refractivity contribution is 5.97.